The average Bonchev–Trinajstić information content (AvgIpc) is 2.73. The maximum Gasteiger partial charge on any atom is 0.270 e. The Hall–Kier alpha value is -3.28. The van der Waals surface area contributed by atoms with Crippen molar-refractivity contribution in [1.82, 2.24) is 20.3 Å². The van der Waals surface area contributed by atoms with E-state index in [0.717, 1.165) is 17.5 Å². The number of amides is 1. The van der Waals surface area contributed by atoms with Crippen molar-refractivity contribution < 1.29 is 4.79 Å². The van der Waals surface area contributed by atoms with Gasteiger partial charge in [-0.05, 0) is 31.0 Å². The summed E-state index contributed by atoms with van der Waals surface area (Å²) < 4.78 is 0. The summed E-state index contributed by atoms with van der Waals surface area (Å²) in [6.07, 6.45) is 4.36. The molecule has 0 aliphatic carbocycles. The van der Waals surface area contributed by atoms with E-state index in [0.29, 0.717) is 23.9 Å². The number of hydrogen-bond acceptors (Lipinski definition) is 5. The first kappa shape index (κ1) is 18.5. The van der Waals surface area contributed by atoms with Gasteiger partial charge in [-0.25, -0.2) is 9.97 Å². The van der Waals surface area contributed by atoms with E-state index in [-0.39, 0.29) is 11.9 Å². The van der Waals surface area contributed by atoms with Crippen molar-refractivity contribution in [3.63, 3.8) is 0 Å². The fourth-order valence-electron chi connectivity index (χ4n) is 2.48. The van der Waals surface area contributed by atoms with Gasteiger partial charge in [0.25, 0.3) is 5.91 Å². The molecule has 3 rings (SSSR count). The summed E-state index contributed by atoms with van der Waals surface area (Å²) in [7, 11) is 0. The molecule has 1 aromatic carbocycles. The van der Waals surface area contributed by atoms with Gasteiger partial charge in [-0.2, -0.15) is 0 Å². The fraction of sp³-hybridized carbons (Fsp3) is 0.238. The number of carbonyl (C=O) groups excluding carboxylic acids is 1. The molecule has 0 aliphatic heterocycles. The summed E-state index contributed by atoms with van der Waals surface area (Å²) in [5.74, 6) is 0.934. The highest BCUT2D eigenvalue weighted by atomic mass is 16.1. The molecule has 2 N–H and O–H groups in total. The minimum Gasteiger partial charge on any atom is -0.367 e. The quantitative estimate of drug-likeness (QED) is 0.671. The van der Waals surface area contributed by atoms with E-state index in [1.165, 1.54) is 0 Å². The Balaban J connectivity index is 1.86. The van der Waals surface area contributed by atoms with Gasteiger partial charge in [0.2, 0.25) is 0 Å². The number of rotatable bonds is 7. The zero-order valence-corrected chi connectivity index (χ0v) is 15.5. The maximum absolute atomic E-state index is 12.7. The minimum absolute atomic E-state index is 0.237. The first-order valence-electron chi connectivity index (χ1n) is 9.04. The second-order valence-electron chi connectivity index (χ2n) is 6.32. The molecular weight excluding hydrogens is 338 g/mol. The van der Waals surface area contributed by atoms with Crippen LogP contribution in [-0.2, 0) is 6.54 Å². The average molecular weight is 361 g/mol. The molecule has 3 aromatic rings. The molecule has 0 radical (unpaired) electrons. The number of hydrogen-bond donors (Lipinski definition) is 2. The van der Waals surface area contributed by atoms with Crippen LogP contribution in [0.2, 0.25) is 0 Å². The minimum atomic E-state index is -0.237. The van der Waals surface area contributed by atoms with Crippen molar-refractivity contribution in [1.29, 1.82) is 0 Å². The Labute approximate surface area is 159 Å². The lowest BCUT2D eigenvalue weighted by Crippen LogP contribution is -2.25. The van der Waals surface area contributed by atoms with E-state index in [9.17, 15) is 4.79 Å². The van der Waals surface area contributed by atoms with E-state index in [2.05, 4.69) is 39.4 Å². The fourth-order valence-corrected chi connectivity index (χ4v) is 2.48. The van der Waals surface area contributed by atoms with Crippen LogP contribution in [0.15, 0.2) is 60.9 Å². The Morgan fingerprint density at radius 3 is 2.52 bits per heavy atom. The zero-order chi connectivity index (χ0) is 19.1. The summed E-state index contributed by atoms with van der Waals surface area (Å²) in [6.45, 7) is 4.59. The first-order valence-corrected chi connectivity index (χ1v) is 9.04. The number of nitrogens with one attached hydrogen (secondary N) is 2. The summed E-state index contributed by atoms with van der Waals surface area (Å²) in [5.41, 5.74) is 2.19. The van der Waals surface area contributed by atoms with Crippen LogP contribution in [0.25, 0.3) is 11.4 Å². The van der Waals surface area contributed by atoms with Gasteiger partial charge in [0.05, 0.1) is 0 Å². The monoisotopic (exact) mass is 361 g/mol. The summed E-state index contributed by atoms with van der Waals surface area (Å²) in [5, 5.41) is 6.24. The van der Waals surface area contributed by atoms with Crippen molar-refractivity contribution in [2.24, 2.45) is 0 Å². The molecule has 0 saturated heterocycles. The lowest BCUT2D eigenvalue weighted by molar-refractivity contribution is 0.0946. The molecule has 0 saturated carbocycles. The predicted molar refractivity (Wildman–Crippen MR) is 106 cm³/mol. The summed E-state index contributed by atoms with van der Waals surface area (Å²) in [4.78, 5) is 25.7. The number of anilines is 1. The molecule has 0 fully saturated rings. The van der Waals surface area contributed by atoms with E-state index in [4.69, 9.17) is 0 Å². The molecular formula is C21H23N5O. The van der Waals surface area contributed by atoms with Gasteiger partial charge in [0, 0.05) is 36.6 Å². The highest BCUT2D eigenvalue weighted by Gasteiger charge is 2.14. The molecule has 0 bridgehead atoms. The van der Waals surface area contributed by atoms with Crippen molar-refractivity contribution in [3.05, 3.63) is 72.2 Å². The number of benzene rings is 1. The Morgan fingerprint density at radius 1 is 1.07 bits per heavy atom. The lowest BCUT2D eigenvalue weighted by Gasteiger charge is -2.14. The second kappa shape index (κ2) is 8.89. The number of nitrogens with zero attached hydrogens (tertiary/aromatic N) is 3. The van der Waals surface area contributed by atoms with Crippen LogP contribution in [0.5, 0.6) is 0 Å². The van der Waals surface area contributed by atoms with Gasteiger partial charge >= 0.3 is 0 Å². The van der Waals surface area contributed by atoms with E-state index in [1.54, 1.807) is 18.5 Å². The topological polar surface area (TPSA) is 79.8 Å². The van der Waals surface area contributed by atoms with Gasteiger partial charge < -0.3 is 10.6 Å². The summed E-state index contributed by atoms with van der Waals surface area (Å²) >= 11 is 0. The second-order valence-corrected chi connectivity index (χ2v) is 6.32. The SMILES string of the molecule is CCC(C)Nc1cc(C(=O)NCc2ccncc2)nc(-c2ccccc2)n1. The molecule has 1 atom stereocenters. The van der Waals surface area contributed by atoms with Gasteiger partial charge in [-0.1, -0.05) is 37.3 Å². The third-order valence-corrected chi connectivity index (χ3v) is 4.20. The molecule has 2 heterocycles. The first-order chi connectivity index (χ1) is 13.2. The molecule has 1 unspecified atom stereocenters. The molecule has 2 aromatic heterocycles. The van der Waals surface area contributed by atoms with Crippen LogP contribution in [0.1, 0.15) is 36.3 Å². The van der Waals surface area contributed by atoms with E-state index < -0.39 is 0 Å². The zero-order valence-electron chi connectivity index (χ0n) is 15.5. The van der Waals surface area contributed by atoms with Gasteiger partial charge in [-0.3, -0.25) is 9.78 Å². The lowest BCUT2D eigenvalue weighted by atomic mass is 10.2. The highest BCUT2D eigenvalue weighted by Crippen LogP contribution is 2.18. The molecule has 27 heavy (non-hydrogen) atoms. The van der Waals surface area contributed by atoms with Crippen LogP contribution < -0.4 is 10.6 Å². The largest absolute Gasteiger partial charge is 0.367 e. The molecule has 6 heteroatoms. The third kappa shape index (κ3) is 5.10. The maximum atomic E-state index is 12.7. The Morgan fingerprint density at radius 2 is 1.81 bits per heavy atom. The van der Waals surface area contributed by atoms with Crippen molar-refractivity contribution in [3.8, 4) is 11.4 Å². The third-order valence-electron chi connectivity index (χ3n) is 4.20. The normalized spacial score (nSPS) is 11.6. The molecule has 138 valence electrons. The van der Waals surface area contributed by atoms with Crippen molar-refractivity contribution in [2.75, 3.05) is 5.32 Å². The smallest absolute Gasteiger partial charge is 0.270 e. The Kier molecular flexibility index (Phi) is 6.10. The summed E-state index contributed by atoms with van der Waals surface area (Å²) in [6, 6.07) is 15.3. The van der Waals surface area contributed by atoms with Crippen molar-refractivity contribution in [2.45, 2.75) is 32.9 Å². The van der Waals surface area contributed by atoms with Gasteiger partial charge in [0.1, 0.15) is 11.5 Å². The van der Waals surface area contributed by atoms with Crippen molar-refractivity contribution >= 4 is 11.7 Å². The van der Waals surface area contributed by atoms with E-state index in [1.807, 2.05) is 42.5 Å². The molecule has 1 amide bonds. The number of carbonyl (C=O) groups is 1. The van der Waals surface area contributed by atoms with Crippen LogP contribution in [0.4, 0.5) is 5.82 Å². The number of aromatic nitrogens is 3. The van der Waals surface area contributed by atoms with Crippen LogP contribution >= 0.6 is 0 Å². The van der Waals surface area contributed by atoms with Gasteiger partial charge in [-0.15, -0.1) is 0 Å². The van der Waals surface area contributed by atoms with Crippen LogP contribution in [0.3, 0.4) is 0 Å². The molecule has 0 aliphatic rings. The number of pyridine rings is 1. The van der Waals surface area contributed by atoms with Gasteiger partial charge in [0.15, 0.2) is 5.82 Å². The molecule has 6 nitrogen and oxygen atoms in total. The van der Waals surface area contributed by atoms with Crippen LogP contribution in [-0.4, -0.2) is 26.9 Å². The Bertz CT molecular complexity index is 884. The highest BCUT2D eigenvalue weighted by molar-refractivity contribution is 5.93. The molecule has 0 spiro atoms. The van der Waals surface area contributed by atoms with Crippen LogP contribution in [0, 0.1) is 0 Å². The van der Waals surface area contributed by atoms with E-state index >= 15 is 0 Å². The standard InChI is InChI=1S/C21H23N5O/c1-3-15(2)24-19-13-18(21(27)23-14-16-9-11-22-12-10-16)25-20(26-19)17-7-5-4-6-8-17/h4-13,15H,3,14H2,1-2H3,(H,23,27)(H,24,25,26). The predicted octanol–water partition coefficient (Wildman–Crippen LogP) is 3.68.